The number of hydrogen-bond acceptors (Lipinski definition) is 0. The Bertz CT molecular complexity index is 84.5. The lowest BCUT2D eigenvalue weighted by molar-refractivity contribution is 0.492. The number of halogens is 2. The summed E-state index contributed by atoms with van der Waals surface area (Å²) in [4.78, 5) is 0. The van der Waals surface area contributed by atoms with Gasteiger partial charge in [-0.25, -0.2) is 8.78 Å². The number of allylic oxidation sites excluding steroid dienone is 1. The first kappa shape index (κ1) is 7.60. The van der Waals surface area contributed by atoms with Crippen molar-refractivity contribution in [3.05, 3.63) is 12.2 Å². The standard InChI is InChI=1S/C6H10F2/c1-5(2)3-6(8)4-7/h4-5H,3H2,1-2H3. The Morgan fingerprint density at radius 3 is 2.25 bits per heavy atom. The van der Waals surface area contributed by atoms with Crippen LogP contribution in [0.3, 0.4) is 0 Å². The van der Waals surface area contributed by atoms with Gasteiger partial charge in [0.1, 0.15) is 12.2 Å². The predicted molar refractivity (Wildman–Crippen MR) is 29.8 cm³/mol. The molecule has 0 aliphatic carbocycles. The quantitative estimate of drug-likeness (QED) is 0.525. The summed E-state index contributed by atoms with van der Waals surface area (Å²) in [6.45, 7) is 3.67. The van der Waals surface area contributed by atoms with Gasteiger partial charge in [-0.1, -0.05) is 13.8 Å². The third-order valence-electron chi connectivity index (χ3n) is 0.722. The van der Waals surface area contributed by atoms with Crippen molar-refractivity contribution < 1.29 is 8.78 Å². The molecule has 0 saturated carbocycles. The summed E-state index contributed by atoms with van der Waals surface area (Å²) in [5.74, 6) is -0.470. The van der Waals surface area contributed by atoms with Crippen molar-refractivity contribution in [3.63, 3.8) is 0 Å². The second kappa shape index (κ2) is 3.58. The molecule has 0 rings (SSSR count). The van der Waals surface area contributed by atoms with E-state index in [0.717, 1.165) is 0 Å². The monoisotopic (exact) mass is 120 g/mol. The topological polar surface area (TPSA) is 0 Å². The molecule has 0 saturated heterocycles. The summed E-state index contributed by atoms with van der Waals surface area (Å²) in [6.07, 6.45) is 0.219. The highest BCUT2D eigenvalue weighted by Gasteiger charge is 1.97. The molecule has 48 valence electrons. The van der Waals surface area contributed by atoms with Crippen LogP contribution in [0.5, 0.6) is 0 Å². The Hall–Kier alpha value is -0.400. The van der Waals surface area contributed by atoms with E-state index < -0.39 is 5.83 Å². The lowest BCUT2D eigenvalue weighted by Gasteiger charge is -1.97. The van der Waals surface area contributed by atoms with Crippen LogP contribution in [0.25, 0.3) is 0 Å². The van der Waals surface area contributed by atoms with Gasteiger partial charge in [0.05, 0.1) is 0 Å². The fourth-order valence-corrected chi connectivity index (χ4v) is 0.435. The van der Waals surface area contributed by atoms with Crippen molar-refractivity contribution in [2.75, 3.05) is 0 Å². The Balaban J connectivity index is 3.39. The largest absolute Gasteiger partial charge is 0.213 e. The van der Waals surface area contributed by atoms with Crippen molar-refractivity contribution in [2.45, 2.75) is 20.3 Å². The van der Waals surface area contributed by atoms with Gasteiger partial charge in [-0.2, -0.15) is 0 Å². The van der Waals surface area contributed by atoms with E-state index in [0.29, 0.717) is 0 Å². The average Bonchev–Trinajstić information content (AvgIpc) is 1.65. The number of rotatable bonds is 2. The molecule has 0 amide bonds. The second-order valence-electron chi connectivity index (χ2n) is 2.15. The van der Waals surface area contributed by atoms with Crippen LogP contribution < -0.4 is 0 Å². The lowest BCUT2D eigenvalue weighted by Crippen LogP contribution is -1.85. The Morgan fingerprint density at radius 1 is 1.62 bits per heavy atom. The molecule has 0 aromatic rings. The zero-order valence-electron chi connectivity index (χ0n) is 5.12. The van der Waals surface area contributed by atoms with Gasteiger partial charge in [0.15, 0.2) is 0 Å². The molecule has 8 heavy (non-hydrogen) atoms. The van der Waals surface area contributed by atoms with E-state index in [2.05, 4.69) is 0 Å². The fraction of sp³-hybridized carbons (Fsp3) is 0.667. The maximum Gasteiger partial charge on any atom is 0.128 e. The summed E-state index contributed by atoms with van der Waals surface area (Å²) in [5, 5.41) is 0. The molecule has 0 heterocycles. The van der Waals surface area contributed by atoms with Gasteiger partial charge in [0.25, 0.3) is 0 Å². The molecule has 0 unspecified atom stereocenters. The van der Waals surface area contributed by atoms with Gasteiger partial charge in [0.2, 0.25) is 0 Å². The Labute approximate surface area is 48.2 Å². The molecule has 0 spiro atoms. The fourth-order valence-electron chi connectivity index (χ4n) is 0.435. The van der Waals surface area contributed by atoms with E-state index in [4.69, 9.17) is 0 Å². The third-order valence-corrected chi connectivity index (χ3v) is 0.722. The molecule has 0 atom stereocenters. The first-order valence-electron chi connectivity index (χ1n) is 2.61. The highest BCUT2D eigenvalue weighted by Crippen LogP contribution is 2.10. The van der Waals surface area contributed by atoms with Crippen molar-refractivity contribution in [1.82, 2.24) is 0 Å². The zero-order chi connectivity index (χ0) is 6.57. The van der Waals surface area contributed by atoms with E-state index in [-0.39, 0.29) is 18.7 Å². The lowest BCUT2D eigenvalue weighted by atomic mass is 10.1. The van der Waals surface area contributed by atoms with E-state index in [1.165, 1.54) is 0 Å². The highest BCUT2D eigenvalue weighted by molar-refractivity contribution is 4.84. The van der Waals surface area contributed by atoms with Crippen LogP contribution in [-0.4, -0.2) is 0 Å². The zero-order valence-corrected chi connectivity index (χ0v) is 5.12. The molecule has 2 heteroatoms. The van der Waals surface area contributed by atoms with Gasteiger partial charge >= 0.3 is 0 Å². The van der Waals surface area contributed by atoms with Crippen LogP contribution in [-0.2, 0) is 0 Å². The first-order chi connectivity index (χ1) is 3.66. The molecule has 0 fully saturated rings. The summed E-state index contributed by atoms with van der Waals surface area (Å²) >= 11 is 0. The Kier molecular flexibility index (Phi) is 3.40. The molecular formula is C6H10F2. The number of hydrogen-bond donors (Lipinski definition) is 0. The summed E-state index contributed by atoms with van der Waals surface area (Å²) in [7, 11) is 0. The van der Waals surface area contributed by atoms with Gasteiger partial charge in [0, 0.05) is 6.42 Å². The van der Waals surface area contributed by atoms with Crippen molar-refractivity contribution in [2.24, 2.45) is 5.92 Å². The molecule has 0 aromatic carbocycles. The second-order valence-corrected chi connectivity index (χ2v) is 2.15. The molecule has 0 radical (unpaired) electrons. The molecule has 0 N–H and O–H groups in total. The van der Waals surface area contributed by atoms with Crippen molar-refractivity contribution in [1.29, 1.82) is 0 Å². The van der Waals surface area contributed by atoms with Crippen LogP contribution in [0.4, 0.5) is 8.78 Å². The van der Waals surface area contributed by atoms with Gasteiger partial charge in [-0.05, 0) is 5.92 Å². The van der Waals surface area contributed by atoms with Gasteiger partial charge in [-0.3, -0.25) is 0 Å². The normalized spacial score (nSPS) is 12.9. The van der Waals surface area contributed by atoms with E-state index >= 15 is 0 Å². The maximum absolute atomic E-state index is 11.9. The molecule has 0 aliphatic rings. The van der Waals surface area contributed by atoms with Crippen LogP contribution >= 0.6 is 0 Å². The van der Waals surface area contributed by atoms with Gasteiger partial charge in [-0.15, -0.1) is 0 Å². The van der Waals surface area contributed by atoms with Crippen LogP contribution in [0.2, 0.25) is 0 Å². The predicted octanol–water partition coefficient (Wildman–Crippen LogP) is 2.81. The average molecular weight is 120 g/mol. The minimum atomic E-state index is -0.667. The molecular weight excluding hydrogens is 110 g/mol. The summed E-state index contributed by atoms with van der Waals surface area (Å²) in [6, 6.07) is 0. The SMILES string of the molecule is CC(C)CC(F)=CF. The molecule has 0 aliphatic heterocycles. The van der Waals surface area contributed by atoms with E-state index in [1.54, 1.807) is 0 Å². The van der Waals surface area contributed by atoms with Crippen LogP contribution in [0.15, 0.2) is 12.2 Å². The third kappa shape index (κ3) is 3.78. The van der Waals surface area contributed by atoms with Crippen LogP contribution in [0.1, 0.15) is 20.3 Å². The summed E-state index contributed by atoms with van der Waals surface area (Å²) in [5.41, 5.74) is 0. The van der Waals surface area contributed by atoms with Crippen molar-refractivity contribution >= 4 is 0 Å². The molecule has 0 nitrogen and oxygen atoms in total. The minimum Gasteiger partial charge on any atom is -0.213 e. The smallest absolute Gasteiger partial charge is 0.128 e. The molecule has 0 aromatic heterocycles. The summed E-state index contributed by atoms with van der Waals surface area (Å²) < 4.78 is 23.1. The van der Waals surface area contributed by atoms with E-state index in [9.17, 15) is 8.78 Å². The Morgan fingerprint density at radius 2 is 2.12 bits per heavy atom. The van der Waals surface area contributed by atoms with Crippen molar-refractivity contribution in [3.8, 4) is 0 Å². The van der Waals surface area contributed by atoms with E-state index in [1.807, 2.05) is 13.8 Å². The minimum absolute atomic E-state index is 0.0139. The highest BCUT2D eigenvalue weighted by atomic mass is 19.2. The molecule has 0 bridgehead atoms. The van der Waals surface area contributed by atoms with Gasteiger partial charge < -0.3 is 0 Å². The first-order valence-corrected chi connectivity index (χ1v) is 2.61. The maximum atomic E-state index is 11.9. The van der Waals surface area contributed by atoms with Crippen LogP contribution in [0, 0.1) is 5.92 Å².